The van der Waals surface area contributed by atoms with Crippen LogP contribution >= 0.6 is 0 Å². The number of anilines is 1. The van der Waals surface area contributed by atoms with Crippen LogP contribution in [0, 0.1) is 0 Å². The van der Waals surface area contributed by atoms with Crippen molar-refractivity contribution < 1.29 is 14.7 Å². The number of hydrogen-bond donors (Lipinski definition) is 3. The molecule has 0 unspecified atom stereocenters. The average Bonchev–Trinajstić information content (AvgIpc) is 2.16. The van der Waals surface area contributed by atoms with Crippen LogP contribution < -0.4 is 11.5 Å². The van der Waals surface area contributed by atoms with Gasteiger partial charge in [0.25, 0.3) is 0 Å². The second kappa shape index (κ2) is 4.97. The third-order valence-corrected chi connectivity index (χ3v) is 1.96. The number of rotatable bonds is 4. The number of carboxylic acids is 1. The van der Waals surface area contributed by atoms with Crippen LogP contribution in [0.25, 0.3) is 6.08 Å². The first kappa shape index (κ1) is 11.8. The maximum atomic E-state index is 10.9. The summed E-state index contributed by atoms with van der Waals surface area (Å²) in [4.78, 5) is 21.4. The average molecular weight is 220 g/mol. The molecular formula is C11H12N2O3. The molecule has 0 spiro atoms. The van der Waals surface area contributed by atoms with Crippen LogP contribution in [0.1, 0.15) is 22.3 Å². The highest BCUT2D eigenvalue weighted by atomic mass is 16.4. The van der Waals surface area contributed by atoms with Crippen molar-refractivity contribution in [2.45, 2.75) is 6.42 Å². The Labute approximate surface area is 92.4 Å². The highest BCUT2D eigenvalue weighted by Gasteiger charge is 2.11. The zero-order valence-electron chi connectivity index (χ0n) is 8.51. The summed E-state index contributed by atoms with van der Waals surface area (Å²) in [6.45, 7) is 0. The van der Waals surface area contributed by atoms with E-state index in [-0.39, 0.29) is 17.7 Å². The van der Waals surface area contributed by atoms with Crippen molar-refractivity contribution in [1.29, 1.82) is 0 Å². The van der Waals surface area contributed by atoms with E-state index in [0.29, 0.717) is 5.56 Å². The quantitative estimate of drug-likeness (QED) is 0.654. The number of nitrogens with two attached hydrogens (primary N) is 2. The van der Waals surface area contributed by atoms with Crippen LogP contribution in [0.4, 0.5) is 5.69 Å². The van der Waals surface area contributed by atoms with Crippen LogP contribution in [0.5, 0.6) is 0 Å². The molecule has 0 saturated carbocycles. The Balaban J connectivity index is 3.04. The molecule has 0 radical (unpaired) electrons. The minimum atomic E-state index is -1.10. The van der Waals surface area contributed by atoms with Gasteiger partial charge in [0.1, 0.15) is 0 Å². The van der Waals surface area contributed by atoms with E-state index in [1.54, 1.807) is 12.1 Å². The molecule has 1 rings (SSSR count). The van der Waals surface area contributed by atoms with Crippen LogP contribution in [0.3, 0.4) is 0 Å². The number of nitrogen functional groups attached to an aromatic ring is 1. The zero-order chi connectivity index (χ0) is 12.1. The van der Waals surface area contributed by atoms with E-state index in [4.69, 9.17) is 16.6 Å². The monoisotopic (exact) mass is 220 g/mol. The number of carbonyl (C=O) groups is 2. The largest absolute Gasteiger partial charge is 0.478 e. The fraction of sp³-hybridized carbons (Fsp3) is 0.0909. The number of amides is 1. The van der Waals surface area contributed by atoms with Gasteiger partial charge < -0.3 is 16.6 Å². The van der Waals surface area contributed by atoms with Gasteiger partial charge in [0, 0.05) is 12.1 Å². The SMILES string of the molecule is NC(=O)CC=Cc1cccc(N)c1C(=O)O. The van der Waals surface area contributed by atoms with E-state index in [1.807, 2.05) is 0 Å². The normalized spacial score (nSPS) is 10.5. The molecule has 1 amide bonds. The number of carbonyl (C=O) groups excluding carboxylic acids is 1. The molecule has 0 atom stereocenters. The molecule has 0 aliphatic heterocycles. The lowest BCUT2D eigenvalue weighted by atomic mass is 10.0. The number of aromatic carboxylic acids is 1. The summed E-state index contributed by atoms with van der Waals surface area (Å²) < 4.78 is 0. The molecule has 0 aromatic heterocycles. The van der Waals surface area contributed by atoms with Gasteiger partial charge in [-0.1, -0.05) is 24.3 Å². The zero-order valence-corrected chi connectivity index (χ0v) is 8.51. The molecule has 5 nitrogen and oxygen atoms in total. The van der Waals surface area contributed by atoms with Crippen molar-refractivity contribution in [3.8, 4) is 0 Å². The van der Waals surface area contributed by atoms with E-state index < -0.39 is 11.9 Å². The van der Waals surface area contributed by atoms with Crippen LogP contribution in [-0.2, 0) is 4.79 Å². The number of hydrogen-bond acceptors (Lipinski definition) is 3. The lowest BCUT2D eigenvalue weighted by Crippen LogP contribution is -2.08. The fourth-order valence-electron chi connectivity index (χ4n) is 1.28. The Bertz CT molecular complexity index is 453. The molecule has 0 aliphatic rings. The molecule has 1 aromatic rings. The lowest BCUT2D eigenvalue weighted by Gasteiger charge is -2.04. The first-order chi connectivity index (χ1) is 7.52. The third-order valence-electron chi connectivity index (χ3n) is 1.96. The first-order valence-electron chi connectivity index (χ1n) is 4.59. The molecule has 1 aromatic carbocycles. The summed E-state index contributed by atoms with van der Waals surface area (Å²) >= 11 is 0. The summed E-state index contributed by atoms with van der Waals surface area (Å²) in [7, 11) is 0. The summed E-state index contributed by atoms with van der Waals surface area (Å²) in [6, 6.07) is 4.76. The van der Waals surface area contributed by atoms with Gasteiger partial charge in [-0.3, -0.25) is 4.79 Å². The molecule has 5 N–H and O–H groups in total. The highest BCUT2D eigenvalue weighted by Crippen LogP contribution is 2.18. The molecule has 0 aliphatic carbocycles. The summed E-state index contributed by atoms with van der Waals surface area (Å²) in [5.41, 5.74) is 11.2. The van der Waals surface area contributed by atoms with Crippen molar-refractivity contribution >= 4 is 23.6 Å². The minimum absolute atomic E-state index is 0.0308. The maximum Gasteiger partial charge on any atom is 0.338 e. The van der Waals surface area contributed by atoms with Gasteiger partial charge in [-0.25, -0.2) is 4.79 Å². The summed E-state index contributed by atoms with van der Waals surface area (Å²) in [5, 5.41) is 8.95. The molecular weight excluding hydrogens is 208 g/mol. The second-order valence-electron chi connectivity index (χ2n) is 3.19. The smallest absolute Gasteiger partial charge is 0.338 e. The van der Waals surface area contributed by atoms with E-state index in [9.17, 15) is 9.59 Å². The predicted molar refractivity (Wildman–Crippen MR) is 60.7 cm³/mol. The molecule has 84 valence electrons. The van der Waals surface area contributed by atoms with Crippen molar-refractivity contribution in [2.75, 3.05) is 5.73 Å². The molecule has 0 heterocycles. The van der Waals surface area contributed by atoms with E-state index in [1.165, 1.54) is 18.2 Å². The van der Waals surface area contributed by atoms with E-state index in [2.05, 4.69) is 0 Å². The minimum Gasteiger partial charge on any atom is -0.478 e. The number of carboxylic acid groups (broad SMARTS) is 1. The van der Waals surface area contributed by atoms with E-state index >= 15 is 0 Å². The van der Waals surface area contributed by atoms with Gasteiger partial charge in [0.05, 0.1) is 5.56 Å². The highest BCUT2D eigenvalue weighted by molar-refractivity contribution is 5.97. The van der Waals surface area contributed by atoms with Gasteiger partial charge in [-0.05, 0) is 11.6 Å². The Kier molecular flexibility index (Phi) is 3.66. The Morgan fingerprint density at radius 3 is 2.62 bits per heavy atom. The maximum absolute atomic E-state index is 10.9. The number of primary amides is 1. The first-order valence-corrected chi connectivity index (χ1v) is 4.59. The fourth-order valence-corrected chi connectivity index (χ4v) is 1.28. The van der Waals surface area contributed by atoms with Crippen molar-refractivity contribution in [2.24, 2.45) is 5.73 Å². The molecule has 5 heteroatoms. The predicted octanol–water partition coefficient (Wildman–Crippen LogP) is 0.856. The topological polar surface area (TPSA) is 106 Å². The van der Waals surface area contributed by atoms with Crippen molar-refractivity contribution in [3.05, 3.63) is 35.4 Å². The van der Waals surface area contributed by atoms with Crippen LogP contribution in [0.2, 0.25) is 0 Å². The Morgan fingerprint density at radius 1 is 1.38 bits per heavy atom. The third kappa shape index (κ3) is 2.84. The lowest BCUT2D eigenvalue weighted by molar-refractivity contribution is -0.117. The van der Waals surface area contributed by atoms with E-state index in [0.717, 1.165) is 0 Å². The Hall–Kier alpha value is -2.30. The second-order valence-corrected chi connectivity index (χ2v) is 3.19. The van der Waals surface area contributed by atoms with Gasteiger partial charge in [-0.2, -0.15) is 0 Å². The van der Waals surface area contributed by atoms with Crippen LogP contribution in [0.15, 0.2) is 24.3 Å². The van der Waals surface area contributed by atoms with Gasteiger partial charge in [0.2, 0.25) is 5.91 Å². The van der Waals surface area contributed by atoms with Crippen molar-refractivity contribution in [3.63, 3.8) is 0 Å². The van der Waals surface area contributed by atoms with Crippen LogP contribution in [-0.4, -0.2) is 17.0 Å². The standard InChI is InChI=1S/C11H12N2O3/c12-8-5-1-3-7(10(8)11(15)16)4-2-6-9(13)14/h1-5H,6,12H2,(H2,13,14)(H,15,16). The molecule has 0 saturated heterocycles. The number of benzene rings is 1. The van der Waals surface area contributed by atoms with Crippen molar-refractivity contribution in [1.82, 2.24) is 0 Å². The molecule has 0 fully saturated rings. The molecule has 0 bridgehead atoms. The molecule has 16 heavy (non-hydrogen) atoms. The van der Waals surface area contributed by atoms with Gasteiger partial charge >= 0.3 is 5.97 Å². The Morgan fingerprint density at radius 2 is 2.06 bits per heavy atom. The van der Waals surface area contributed by atoms with Gasteiger partial charge in [0.15, 0.2) is 0 Å². The summed E-state index contributed by atoms with van der Waals surface area (Å²) in [5.74, 6) is -1.58. The van der Waals surface area contributed by atoms with Gasteiger partial charge in [-0.15, -0.1) is 0 Å². The summed E-state index contributed by atoms with van der Waals surface area (Å²) in [6.07, 6.45) is 3.09.